The molecule has 5 aliphatic rings. The number of rotatable bonds is 12. The van der Waals surface area contributed by atoms with Gasteiger partial charge in [0.05, 0.1) is 34.5 Å². The number of esters is 1. The van der Waals surface area contributed by atoms with Gasteiger partial charge in [0, 0.05) is 62.3 Å². The fraction of sp³-hybridized carbons (Fsp3) is 0.343. The molecular weight excluding hydrogens is 962 g/mol. The van der Waals surface area contributed by atoms with Crippen molar-refractivity contribution < 1.29 is 47.5 Å². The zero-order chi connectivity index (χ0) is 46.9. The molecule has 331 valence electrons. The molecule has 5 aliphatic heterocycles. The Morgan fingerprint density at radius 3 is 2.05 bits per heavy atom. The van der Waals surface area contributed by atoms with Crippen LogP contribution in [0.5, 0.6) is 0 Å². The van der Waals surface area contributed by atoms with E-state index in [2.05, 4.69) is 83.6 Å². The van der Waals surface area contributed by atoms with Crippen molar-refractivity contribution in [2.24, 2.45) is 21.6 Å². The molecule has 1 radical (unpaired) electrons. The molecule has 2 unspecified atom stereocenters. The van der Waals surface area contributed by atoms with E-state index >= 15 is 0 Å². The summed E-state index contributed by atoms with van der Waals surface area (Å²) in [7, 11) is 2.22. The standard InChI is InChI=1S/C10H8B2N3O3.C9H17N3O2.C6H6B2BrN3O2.C4H4BrN3.C4H6O.C2HBO2/c1-6(16)2-3-7-4-13-10(14-5-7)15-9-12(18-9)8-11-17-8;1-2-14-8(13)4-3-7-5-11-9(10)12-6-7;9-5-1-10-6(11-2-5)12(7-3-13-7)8-4-14-8;5-3-1-7-4(6)8-2-3;1-3-4(2)5;4-2-1-3-5/h2-5,8H,1H3;7H,2-6H2,1H3,(H3,10,11,12);1-2H,3-4H2;1-2H,(H2,6,7,8);3H,1H2,2H3;4H/b3-2+,15-9?;;;;;. The summed E-state index contributed by atoms with van der Waals surface area (Å²) >= 11 is 6.46. The summed E-state index contributed by atoms with van der Waals surface area (Å²) < 4.78 is 38.2. The molecule has 29 heteroatoms. The second-order valence-electron chi connectivity index (χ2n) is 12.9. The number of nitrogens with two attached hydrogens (primary N) is 2. The van der Waals surface area contributed by atoms with Gasteiger partial charge in [0.2, 0.25) is 11.9 Å². The number of ether oxygens (including phenoxy) is 1. The van der Waals surface area contributed by atoms with E-state index in [0.29, 0.717) is 62.2 Å². The quantitative estimate of drug-likeness (QED) is 0.0649. The number of nitrogens with zero attached hydrogens (tertiary/aromatic N) is 9. The molecule has 8 heterocycles. The Balaban J connectivity index is 0.000000217. The SMILES string of the molecule is Brc1cnc(N(B2CO2)B2CO2)nc1.C=CC(C)=O.CC(=O)/C=C/c1cnc(N=C2OB2C2[B]O2)nc1.CCOC(=O)CCC1CN=C(N)NC1.Nc1ncc(Br)cn1.O=BC#CO. The molecule has 0 aliphatic carbocycles. The van der Waals surface area contributed by atoms with Gasteiger partial charge in [-0.25, -0.2) is 29.9 Å². The zero-order valence-electron chi connectivity index (χ0n) is 35.0. The summed E-state index contributed by atoms with van der Waals surface area (Å²) in [6.07, 6.45) is 16.9. The molecule has 0 aromatic carbocycles. The first-order valence-corrected chi connectivity index (χ1v) is 20.7. The van der Waals surface area contributed by atoms with E-state index < -0.39 is 0 Å². The molecule has 22 nitrogen and oxygen atoms in total. The van der Waals surface area contributed by atoms with Crippen LogP contribution < -0.4 is 21.5 Å². The molecule has 0 spiro atoms. The Labute approximate surface area is 388 Å². The van der Waals surface area contributed by atoms with Gasteiger partial charge in [0.15, 0.2) is 23.3 Å². The summed E-state index contributed by atoms with van der Waals surface area (Å²) in [4.78, 5) is 63.6. The maximum atomic E-state index is 11.0. The van der Waals surface area contributed by atoms with Crippen molar-refractivity contribution in [3.63, 3.8) is 0 Å². The summed E-state index contributed by atoms with van der Waals surface area (Å²) in [5, 5.41) is 10.4. The van der Waals surface area contributed by atoms with Crippen LogP contribution in [0.25, 0.3) is 6.08 Å². The van der Waals surface area contributed by atoms with E-state index in [-0.39, 0.29) is 44.5 Å². The van der Waals surface area contributed by atoms with Crippen LogP contribution in [0.4, 0.5) is 17.8 Å². The fourth-order valence-corrected chi connectivity index (χ4v) is 4.76. The molecule has 0 saturated carbocycles. The zero-order valence-corrected chi connectivity index (χ0v) is 38.1. The Hall–Kier alpha value is -5.81. The molecule has 4 saturated heterocycles. The van der Waals surface area contributed by atoms with Gasteiger partial charge in [-0.3, -0.25) is 19.4 Å². The number of hydrogen-bond acceptors (Lipinski definition) is 22. The third-order valence-corrected chi connectivity index (χ3v) is 8.52. The molecule has 6 N–H and O–H groups in total. The minimum absolute atomic E-state index is 0.0185. The van der Waals surface area contributed by atoms with E-state index in [4.69, 9.17) is 44.6 Å². The number of aromatic nitrogens is 6. The van der Waals surface area contributed by atoms with Crippen LogP contribution in [-0.4, -0.2) is 139 Å². The number of carbonyl (C=O) groups excluding carboxylic acids is 3. The molecule has 0 bridgehead atoms. The van der Waals surface area contributed by atoms with E-state index in [0.717, 1.165) is 40.5 Å². The van der Waals surface area contributed by atoms with E-state index in [1.807, 2.05) is 11.6 Å². The van der Waals surface area contributed by atoms with Crippen molar-refractivity contribution >= 4 is 121 Å². The molecule has 4 fully saturated rings. The number of guanidine groups is 1. The third kappa shape index (κ3) is 23.0. The minimum atomic E-state index is -0.130. The van der Waals surface area contributed by atoms with Gasteiger partial charge >= 0.3 is 63.4 Å². The van der Waals surface area contributed by atoms with Gasteiger partial charge in [-0.2, -0.15) is 4.99 Å². The first-order valence-electron chi connectivity index (χ1n) is 19.1. The van der Waals surface area contributed by atoms with Crippen LogP contribution in [0, 0.1) is 17.8 Å². The number of nitrogens with one attached hydrogen (secondary N) is 1. The number of carbonyl (C=O) groups is 3. The fourth-order valence-electron chi connectivity index (χ4n) is 4.35. The molecule has 8 rings (SSSR count). The Bertz CT molecular complexity index is 2110. The topological polar surface area (TPSA) is 317 Å². The summed E-state index contributed by atoms with van der Waals surface area (Å²) in [6, 6.07) is 0. The number of nitrogen functional groups attached to an aromatic ring is 1. The first-order chi connectivity index (χ1) is 30.8. The normalized spacial score (nSPS) is 16.9. The van der Waals surface area contributed by atoms with Gasteiger partial charge in [0.1, 0.15) is 0 Å². The van der Waals surface area contributed by atoms with Crippen LogP contribution in [0.3, 0.4) is 0 Å². The molecule has 3 aromatic heterocycles. The summed E-state index contributed by atoms with van der Waals surface area (Å²) in [5.74, 6) is 4.44. The predicted octanol–water partition coefficient (Wildman–Crippen LogP) is 1.12. The number of aliphatic hydroxyl groups excluding tert-OH is 1. The van der Waals surface area contributed by atoms with Crippen LogP contribution >= 0.6 is 31.9 Å². The van der Waals surface area contributed by atoms with Crippen LogP contribution in [0.1, 0.15) is 39.2 Å². The number of halogens is 2. The summed E-state index contributed by atoms with van der Waals surface area (Å²) in [5.41, 5.74) is 11.4. The molecule has 3 aromatic rings. The van der Waals surface area contributed by atoms with Crippen molar-refractivity contribution in [1.82, 2.24) is 35.2 Å². The summed E-state index contributed by atoms with van der Waals surface area (Å²) in [6.45, 7) is 11.3. The first kappa shape index (κ1) is 52.5. The van der Waals surface area contributed by atoms with E-state index in [1.54, 1.807) is 56.6 Å². The van der Waals surface area contributed by atoms with E-state index in [1.165, 1.54) is 32.1 Å². The van der Waals surface area contributed by atoms with Crippen molar-refractivity contribution in [2.45, 2.75) is 39.5 Å². The van der Waals surface area contributed by atoms with Gasteiger partial charge < -0.3 is 44.9 Å². The number of ketones is 2. The Kier molecular flexibility index (Phi) is 23.6. The van der Waals surface area contributed by atoms with Gasteiger partial charge in [-0.1, -0.05) is 6.58 Å². The average molecular weight is 1000 g/mol. The van der Waals surface area contributed by atoms with Gasteiger partial charge in [-0.15, -0.1) is 0 Å². The van der Waals surface area contributed by atoms with Gasteiger partial charge in [0.25, 0.3) is 5.95 Å². The van der Waals surface area contributed by atoms with Crippen molar-refractivity contribution in [1.29, 1.82) is 0 Å². The van der Waals surface area contributed by atoms with Crippen LogP contribution in [0.2, 0.25) is 0 Å². The number of anilines is 2. The van der Waals surface area contributed by atoms with Crippen molar-refractivity contribution in [3.8, 4) is 11.9 Å². The number of aliphatic hydroxyl groups is 1. The molecular formula is C35H42B5Br2N12O10. The molecule has 64 heavy (non-hydrogen) atoms. The molecule has 0 amide bonds. The second-order valence-corrected chi connectivity index (χ2v) is 14.8. The molecule has 2 atom stereocenters. The van der Waals surface area contributed by atoms with Crippen molar-refractivity contribution in [3.05, 3.63) is 70.4 Å². The Morgan fingerprint density at radius 2 is 1.62 bits per heavy atom. The maximum absolute atomic E-state index is 11.0. The Morgan fingerprint density at radius 1 is 1.05 bits per heavy atom. The second kappa shape index (κ2) is 28.8. The average Bonchev–Trinajstić information content (AvgIpc) is 4.06. The number of allylic oxidation sites excluding steroid dienone is 2. The predicted molar refractivity (Wildman–Crippen MR) is 247 cm³/mol. The number of hydrogen-bond donors (Lipinski definition) is 4. The number of aliphatic imine (C=N–C) groups is 2. The van der Waals surface area contributed by atoms with Crippen LogP contribution in [0.15, 0.2) is 74.8 Å². The monoisotopic (exact) mass is 1000 g/mol. The van der Waals surface area contributed by atoms with Crippen molar-refractivity contribution in [2.75, 3.05) is 43.2 Å². The van der Waals surface area contributed by atoms with E-state index in [9.17, 15) is 14.4 Å². The third-order valence-electron chi connectivity index (χ3n) is 7.70. The van der Waals surface area contributed by atoms with Crippen LogP contribution in [-0.2, 0) is 42.4 Å². The van der Waals surface area contributed by atoms with Gasteiger partial charge in [-0.05, 0) is 83.2 Å².